The fraction of sp³-hybridized carbons (Fsp3) is 0. The second-order valence-electron chi connectivity index (χ2n) is 3.92. The summed E-state index contributed by atoms with van der Waals surface area (Å²) in [5.41, 5.74) is 0.437. The van der Waals surface area contributed by atoms with Gasteiger partial charge in [0.25, 0.3) is 5.91 Å². The molecule has 0 bridgehead atoms. The highest BCUT2D eigenvalue weighted by molar-refractivity contribution is 9.11. The molecule has 21 heavy (non-hydrogen) atoms. The van der Waals surface area contributed by atoms with E-state index in [2.05, 4.69) is 21.2 Å². The van der Waals surface area contributed by atoms with Crippen LogP contribution in [0.5, 0.6) is 0 Å². The molecule has 0 saturated carbocycles. The van der Waals surface area contributed by atoms with E-state index < -0.39 is 5.91 Å². The van der Waals surface area contributed by atoms with Crippen molar-refractivity contribution in [2.45, 2.75) is 0 Å². The molecule has 0 unspecified atom stereocenters. The van der Waals surface area contributed by atoms with Crippen LogP contribution in [0.2, 0.25) is 10.0 Å². The molecule has 1 aromatic heterocycles. The molecule has 2 rings (SSSR count). The van der Waals surface area contributed by atoms with Crippen LogP contribution in [0.25, 0.3) is 6.08 Å². The Morgan fingerprint density at radius 3 is 2.48 bits per heavy atom. The normalized spacial score (nSPS) is 11.0. The van der Waals surface area contributed by atoms with Gasteiger partial charge in [-0.1, -0.05) is 23.2 Å². The number of hydrogen-bond donors (Lipinski definition) is 1. The van der Waals surface area contributed by atoms with Crippen LogP contribution in [0.3, 0.4) is 0 Å². The van der Waals surface area contributed by atoms with Gasteiger partial charge in [0.05, 0.1) is 3.79 Å². The van der Waals surface area contributed by atoms with Gasteiger partial charge in [0.2, 0.25) is 0 Å². The molecule has 0 saturated heterocycles. The molecule has 0 aliphatic rings. The second-order valence-corrected chi connectivity index (χ2v) is 7.29. The van der Waals surface area contributed by atoms with E-state index in [-0.39, 0.29) is 5.57 Å². The summed E-state index contributed by atoms with van der Waals surface area (Å²) in [6.07, 6.45) is 1.52. The lowest BCUT2D eigenvalue weighted by molar-refractivity contribution is -0.112. The number of benzene rings is 1. The van der Waals surface area contributed by atoms with Crippen molar-refractivity contribution >= 4 is 68.1 Å². The van der Waals surface area contributed by atoms with E-state index in [0.717, 1.165) is 8.66 Å². The van der Waals surface area contributed by atoms with Crippen molar-refractivity contribution in [1.82, 2.24) is 0 Å². The van der Waals surface area contributed by atoms with Crippen molar-refractivity contribution in [2.24, 2.45) is 0 Å². The topological polar surface area (TPSA) is 52.9 Å². The number of anilines is 1. The average molecular weight is 402 g/mol. The summed E-state index contributed by atoms with van der Waals surface area (Å²) in [6.45, 7) is 0. The van der Waals surface area contributed by atoms with Crippen molar-refractivity contribution in [3.63, 3.8) is 0 Å². The van der Waals surface area contributed by atoms with Crippen LogP contribution in [0.15, 0.2) is 39.7 Å². The van der Waals surface area contributed by atoms with Crippen LogP contribution in [-0.2, 0) is 4.79 Å². The molecule has 1 N–H and O–H groups in total. The van der Waals surface area contributed by atoms with Crippen LogP contribution < -0.4 is 5.32 Å². The highest BCUT2D eigenvalue weighted by Crippen LogP contribution is 2.25. The van der Waals surface area contributed by atoms with E-state index in [0.29, 0.717) is 15.7 Å². The largest absolute Gasteiger partial charge is 0.321 e. The first-order chi connectivity index (χ1) is 9.97. The molecule has 0 aliphatic carbocycles. The van der Waals surface area contributed by atoms with E-state index >= 15 is 0 Å². The quantitative estimate of drug-likeness (QED) is 0.555. The van der Waals surface area contributed by atoms with Crippen molar-refractivity contribution < 1.29 is 4.79 Å². The van der Waals surface area contributed by atoms with Gasteiger partial charge in [0.15, 0.2) is 0 Å². The first kappa shape index (κ1) is 16.1. The molecule has 0 aliphatic heterocycles. The third-order valence-electron chi connectivity index (χ3n) is 2.37. The molecule has 7 heteroatoms. The van der Waals surface area contributed by atoms with Gasteiger partial charge in [0, 0.05) is 20.6 Å². The molecular weight excluding hydrogens is 395 g/mol. The molecule has 1 aromatic carbocycles. The summed E-state index contributed by atoms with van der Waals surface area (Å²) in [4.78, 5) is 12.9. The zero-order valence-electron chi connectivity index (χ0n) is 10.4. The van der Waals surface area contributed by atoms with Crippen LogP contribution in [0, 0.1) is 11.3 Å². The fourth-order valence-corrected chi connectivity index (χ4v) is 3.41. The summed E-state index contributed by atoms with van der Waals surface area (Å²) in [5, 5.41) is 12.5. The van der Waals surface area contributed by atoms with Gasteiger partial charge in [-0.25, -0.2) is 0 Å². The van der Waals surface area contributed by atoms with E-state index in [1.807, 2.05) is 18.2 Å². The zero-order chi connectivity index (χ0) is 15.4. The van der Waals surface area contributed by atoms with Crippen molar-refractivity contribution in [2.75, 3.05) is 5.32 Å². The highest BCUT2D eigenvalue weighted by atomic mass is 79.9. The number of thiophene rings is 1. The van der Waals surface area contributed by atoms with E-state index in [4.69, 9.17) is 28.5 Å². The minimum absolute atomic E-state index is 0.000415. The Kier molecular flexibility index (Phi) is 5.43. The van der Waals surface area contributed by atoms with Gasteiger partial charge in [-0.05, 0) is 52.3 Å². The Balaban J connectivity index is 2.21. The van der Waals surface area contributed by atoms with Gasteiger partial charge in [0.1, 0.15) is 11.6 Å². The lowest BCUT2D eigenvalue weighted by Crippen LogP contribution is -2.13. The van der Waals surface area contributed by atoms with Gasteiger partial charge in [-0.15, -0.1) is 11.3 Å². The summed E-state index contributed by atoms with van der Waals surface area (Å²) in [7, 11) is 0. The number of carbonyl (C=O) groups excluding carboxylic acids is 1. The number of nitrogens with one attached hydrogen (secondary N) is 1. The molecule has 0 fully saturated rings. The Morgan fingerprint density at radius 1 is 1.29 bits per heavy atom. The second kappa shape index (κ2) is 7.10. The summed E-state index contributed by atoms with van der Waals surface area (Å²) >= 11 is 16.5. The summed E-state index contributed by atoms with van der Waals surface area (Å²) < 4.78 is 0.924. The predicted octanol–water partition coefficient (Wildman–Crippen LogP) is 5.36. The van der Waals surface area contributed by atoms with Gasteiger partial charge in [-0.2, -0.15) is 5.26 Å². The molecule has 0 radical (unpaired) electrons. The maximum atomic E-state index is 12.1. The number of carbonyl (C=O) groups is 1. The maximum absolute atomic E-state index is 12.1. The number of amides is 1. The molecule has 0 atom stereocenters. The van der Waals surface area contributed by atoms with Crippen LogP contribution in [-0.4, -0.2) is 5.91 Å². The smallest absolute Gasteiger partial charge is 0.266 e. The number of rotatable bonds is 3. The molecule has 1 heterocycles. The third kappa shape index (κ3) is 4.58. The van der Waals surface area contributed by atoms with E-state index in [1.54, 1.807) is 18.2 Å². The predicted molar refractivity (Wildman–Crippen MR) is 90.7 cm³/mol. The SMILES string of the molecule is N#C/C(=C\c1ccc(Br)s1)C(=O)Nc1cc(Cl)cc(Cl)c1. The third-order valence-corrected chi connectivity index (χ3v) is 4.37. The van der Waals surface area contributed by atoms with Crippen LogP contribution in [0.1, 0.15) is 4.88 Å². The van der Waals surface area contributed by atoms with Crippen LogP contribution in [0.4, 0.5) is 5.69 Å². The summed E-state index contributed by atoms with van der Waals surface area (Å²) in [5.74, 6) is -0.514. The molecule has 3 nitrogen and oxygen atoms in total. The maximum Gasteiger partial charge on any atom is 0.266 e. The highest BCUT2D eigenvalue weighted by Gasteiger charge is 2.11. The van der Waals surface area contributed by atoms with Crippen molar-refractivity contribution in [1.29, 1.82) is 5.26 Å². The lowest BCUT2D eigenvalue weighted by Gasteiger charge is -2.05. The molecule has 0 spiro atoms. The Hall–Kier alpha value is -1.32. The van der Waals surface area contributed by atoms with Gasteiger partial charge in [-0.3, -0.25) is 4.79 Å². The molecule has 1 amide bonds. The average Bonchev–Trinajstić information content (AvgIpc) is 2.80. The number of nitrogens with zero attached hydrogens (tertiary/aromatic N) is 1. The Morgan fingerprint density at radius 2 is 1.95 bits per heavy atom. The number of hydrogen-bond acceptors (Lipinski definition) is 3. The number of halogens is 3. The van der Waals surface area contributed by atoms with Crippen molar-refractivity contribution in [3.8, 4) is 6.07 Å². The molecular formula is C14H7BrCl2N2OS. The van der Waals surface area contributed by atoms with Gasteiger partial charge >= 0.3 is 0 Å². The van der Waals surface area contributed by atoms with Gasteiger partial charge < -0.3 is 5.32 Å². The lowest BCUT2D eigenvalue weighted by atomic mass is 10.2. The molecule has 106 valence electrons. The minimum Gasteiger partial charge on any atom is -0.321 e. The molecule has 2 aromatic rings. The minimum atomic E-state index is -0.514. The van der Waals surface area contributed by atoms with Crippen molar-refractivity contribution in [3.05, 3.63) is 54.6 Å². The first-order valence-electron chi connectivity index (χ1n) is 5.62. The number of nitriles is 1. The van der Waals surface area contributed by atoms with Crippen LogP contribution >= 0.6 is 50.5 Å². The zero-order valence-corrected chi connectivity index (χ0v) is 14.3. The fourth-order valence-electron chi connectivity index (χ4n) is 1.52. The van der Waals surface area contributed by atoms with E-state index in [9.17, 15) is 4.79 Å². The Bertz CT molecular complexity index is 744. The summed E-state index contributed by atoms with van der Waals surface area (Å²) in [6, 6.07) is 10.2. The van der Waals surface area contributed by atoms with E-state index in [1.165, 1.54) is 17.4 Å². The standard InChI is InChI=1S/C14H7BrCl2N2OS/c15-13-2-1-12(21-13)3-8(7-18)14(20)19-11-5-9(16)4-10(17)6-11/h1-6H,(H,19,20)/b8-3+. The monoisotopic (exact) mass is 400 g/mol. The Labute approximate surface area is 143 Å². The first-order valence-corrected chi connectivity index (χ1v) is 7.99.